The quantitative estimate of drug-likeness (QED) is 0.0606. The van der Waals surface area contributed by atoms with Gasteiger partial charge in [-0.3, -0.25) is 19.8 Å². The van der Waals surface area contributed by atoms with Gasteiger partial charge in [0.05, 0.1) is 59.2 Å². The van der Waals surface area contributed by atoms with E-state index in [1.165, 1.54) is 12.0 Å². The van der Waals surface area contributed by atoms with Gasteiger partial charge in [0.1, 0.15) is 35.4 Å². The minimum absolute atomic E-state index is 0.00999. The summed E-state index contributed by atoms with van der Waals surface area (Å²) in [5, 5.41) is 13.7. The lowest BCUT2D eigenvalue weighted by Gasteiger charge is -2.39. The smallest absolute Gasteiger partial charge is 0.471 e. The van der Waals surface area contributed by atoms with Crippen LogP contribution in [0.3, 0.4) is 0 Å². The van der Waals surface area contributed by atoms with E-state index < -0.39 is 75.3 Å². The van der Waals surface area contributed by atoms with Crippen molar-refractivity contribution in [3.63, 3.8) is 0 Å². The van der Waals surface area contributed by atoms with Crippen LogP contribution >= 0.6 is 8.53 Å². The van der Waals surface area contributed by atoms with Gasteiger partial charge in [-0.25, -0.2) is 9.46 Å². The molecule has 0 spiro atoms. The fourth-order valence-corrected chi connectivity index (χ4v) is 9.49. The Labute approximate surface area is 378 Å². The second-order valence-electron chi connectivity index (χ2n) is 15.7. The molecule has 0 radical (unpaired) electrons. The number of hydrogen-bond acceptors (Lipinski definition) is 13. The van der Waals surface area contributed by atoms with Crippen molar-refractivity contribution in [2.75, 3.05) is 54.3 Å². The number of amides is 4. The van der Waals surface area contributed by atoms with Crippen molar-refractivity contribution in [3.8, 4) is 17.6 Å². The maximum atomic E-state index is 13.6. The minimum atomic E-state index is -5.20. The molecule has 20 heteroatoms. The van der Waals surface area contributed by atoms with Crippen LogP contribution in [0.15, 0.2) is 78.9 Å². The van der Waals surface area contributed by atoms with Crippen LogP contribution in [0.4, 0.5) is 18.0 Å². The van der Waals surface area contributed by atoms with Crippen molar-refractivity contribution in [3.05, 3.63) is 95.6 Å². The molecule has 3 aromatic carbocycles. The molecule has 4 amide bonds. The van der Waals surface area contributed by atoms with Gasteiger partial charge in [-0.05, 0) is 68.7 Å². The molecule has 0 bridgehead atoms. The summed E-state index contributed by atoms with van der Waals surface area (Å²) in [5.74, 6) is -1.53. The summed E-state index contributed by atoms with van der Waals surface area (Å²) in [6.45, 7) is 6.47. The molecule has 1 unspecified atom stereocenters. The molecule has 2 N–H and O–H groups in total. The van der Waals surface area contributed by atoms with Crippen LogP contribution in [-0.2, 0) is 43.2 Å². The topological polar surface area (TPSA) is 179 Å². The number of ether oxygens (including phenoxy) is 6. The standard InChI is InChI=1S/C45H57F3N5O11P/c1-29(2)53(30(3)4)65(62-25-11-23-49)64-39-37(63-41(52-24-22-38(54)51-43(52)56)40(39)60-27-34(26-57-5)50-42(55)45(46,47)48)28-61-44(31-12-9-8-10-13-31,32-14-18-35(58-6)19-15-32)33-16-20-36(59-7)21-17-33/h8-10,12-21,29-30,34,37,39-41H,11,22,24-28H2,1-7H3,(H,50,55)(H,51,54,56)/t34-,37+,39+,40+,41+,65?/m0/s1. The SMILES string of the molecule is COC[C@@H](CO[C@@H]1[C@H](OP(OCCC#N)N(C(C)C)C(C)C)[C@@H](COC(c2ccccc2)(c2ccc(OC)cc2)c2ccc(OC)cc2)O[C@H]1N1CCC(=O)NC1=O)NC(=O)C(F)(F)F. The average Bonchev–Trinajstić information content (AvgIpc) is 3.61. The van der Waals surface area contributed by atoms with E-state index in [0.29, 0.717) is 22.6 Å². The molecule has 2 aliphatic rings. The first-order valence-electron chi connectivity index (χ1n) is 21.1. The van der Waals surface area contributed by atoms with E-state index in [1.807, 2.05) is 92.3 Å². The van der Waals surface area contributed by atoms with E-state index in [-0.39, 0.29) is 51.3 Å². The van der Waals surface area contributed by atoms with E-state index >= 15 is 0 Å². The first-order chi connectivity index (χ1) is 31.1. The van der Waals surface area contributed by atoms with E-state index in [2.05, 4.69) is 11.4 Å². The van der Waals surface area contributed by atoms with Crippen molar-refractivity contribution in [1.29, 1.82) is 5.26 Å². The van der Waals surface area contributed by atoms with Gasteiger partial charge in [0.2, 0.25) is 5.91 Å². The molecule has 3 aromatic rings. The van der Waals surface area contributed by atoms with Crippen molar-refractivity contribution in [2.24, 2.45) is 0 Å². The second kappa shape index (κ2) is 23.5. The van der Waals surface area contributed by atoms with Crippen molar-refractivity contribution in [2.45, 2.75) is 95.0 Å². The minimum Gasteiger partial charge on any atom is -0.497 e. The van der Waals surface area contributed by atoms with Crippen LogP contribution in [0.2, 0.25) is 0 Å². The Hall–Kier alpha value is -4.90. The molecule has 16 nitrogen and oxygen atoms in total. The first-order valence-corrected chi connectivity index (χ1v) is 22.2. The number of imide groups is 1. The summed E-state index contributed by atoms with van der Waals surface area (Å²) in [6, 6.07) is 23.8. The number of nitrogens with one attached hydrogen (secondary N) is 2. The lowest BCUT2D eigenvalue weighted by Crippen LogP contribution is -2.57. The Morgan fingerprint density at radius 2 is 1.49 bits per heavy atom. The number of carbonyl (C=O) groups excluding carboxylic acids is 3. The van der Waals surface area contributed by atoms with Crippen LogP contribution in [0.5, 0.6) is 11.5 Å². The number of benzene rings is 3. The fraction of sp³-hybridized carbons (Fsp3) is 0.511. The van der Waals surface area contributed by atoms with E-state index in [1.54, 1.807) is 38.5 Å². The zero-order valence-electron chi connectivity index (χ0n) is 37.4. The van der Waals surface area contributed by atoms with Gasteiger partial charge >= 0.3 is 18.1 Å². The summed E-state index contributed by atoms with van der Waals surface area (Å²) in [6.07, 6.45) is -10.2. The third-order valence-electron chi connectivity index (χ3n) is 10.6. The summed E-state index contributed by atoms with van der Waals surface area (Å²) in [5.41, 5.74) is 0.747. The van der Waals surface area contributed by atoms with E-state index in [9.17, 15) is 32.8 Å². The third kappa shape index (κ3) is 12.7. The van der Waals surface area contributed by atoms with E-state index in [4.69, 9.17) is 37.5 Å². The maximum Gasteiger partial charge on any atom is 0.471 e. The number of nitrogens with zero attached hydrogens (tertiary/aromatic N) is 3. The molecule has 0 aliphatic carbocycles. The number of hydrogen-bond donors (Lipinski definition) is 2. The monoisotopic (exact) mass is 931 g/mol. The number of methoxy groups -OCH3 is 3. The predicted octanol–water partition coefficient (Wildman–Crippen LogP) is 6.42. The number of carbonyl (C=O) groups is 3. The van der Waals surface area contributed by atoms with Gasteiger partial charge in [-0.15, -0.1) is 0 Å². The number of nitriles is 1. The molecule has 5 rings (SSSR count). The van der Waals surface area contributed by atoms with Crippen LogP contribution < -0.4 is 20.1 Å². The molecule has 2 saturated heterocycles. The number of urea groups is 1. The van der Waals surface area contributed by atoms with Gasteiger partial charge in [-0.2, -0.15) is 18.4 Å². The Balaban J connectivity index is 1.68. The molecule has 2 fully saturated rings. The molecule has 354 valence electrons. The van der Waals surface area contributed by atoms with Gasteiger partial charge in [0.25, 0.3) is 8.53 Å². The lowest BCUT2D eigenvalue weighted by atomic mass is 9.80. The van der Waals surface area contributed by atoms with Crippen molar-refractivity contribution >= 4 is 26.4 Å². The van der Waals surface area contributed by atoms with Gasteiger partial charge in [0, 0.05) is 32.2 Å². The van der Waals surface area contributed by atoms with E-state index in [0.717, 1.165) is 5.56 Å². The Kier molecular flexibility index (Phi) is 18.5. The Morgan fingerprint density at radius 3 is 2.00 bits per heavy atom. The first kappa shape index (κ1) is 51.1. The molecule has 0 aromatic heterocycles. The highest BCUT2D eigenvalue weighted by atomic mass is 31.2. The van der Waals surface area contributed by atoms with Crippen molar-refractivity contribution < 1.29 is 65.0 Å². The third-order valence-corrected chi connectivity index (χ3v) is 12.8. The predicted molar refractivity (Wildman–Crippen MR) is 231 cm³/mol. The molecule has 6 atom stereocenters. The molecule has 0 saturated carbocycles. The van der Waals surface area contributed by atoms with Crippen LogP contribution in [0, 0.1) is 11.3 Å². The highest BCUT2D eigenvalue weighted by Gasteiger charge is 2.54. The summed E-state index contributed by atoms with van der Waals surface area (Å²) >= 11 is 0. The zero-order valence-corrected chi connectivity index (χ0v) is 38.3. The Morgan fingerprint density at radius 1 is 0.908 bits per heavy atom. The fourth-order valence-electron chi connectivity index (χ4n) is 7.72. The van der Waals surface area contributed by atoms with Gasteiger partial charge in [-0.1, -0.05) is 54.6 Å². The lowest BCUT2D eigenvalue weighted by molar-refractivity contribution is -0.175. The number of alkyl halides is 3. The van der Waals surface area contributed by atoms with Gasteiger partial charge < -0.3 is 42.8 Å². The molecular formula is C45H57F3N5O11P. The summed E-state index contributed by atoms with van der Waals surface area (Å²) in [4.78, 5) is 39.4. The second-order valence-corrected chi connectivity index (χ2v) is 17.1. The van der Waals surface area contributed by atoms with Crippen molar-refractivity contribution in [1.82, 2.24) is 20.2 Å². The van der Waals surface area contributed by atoms with Crippen LogP contribution in [0.25, 0.3) is 0 Å². The Bertz CT molecular complexity index is 1990. The molecule has 65 heavy (non-hydrogen) atoms. The average molecular weight is 932 g/mol. The molecule has 2 heterocycles. The summed E-state index contributed by atoms with van der Waals surface area (Å²) in [7, 11) is 2.32. The van der Waals surface area contributed by atoms with Crippen LogP contribution in [0.1, 0.15) is 57.2 Å². The zero-order chi connectivity index (χ0) is 47.3. The highest BCUT2D eigenvalue weighted by molar-refractivity contribution is 7.44. The van der Waals surface area contributed by atoms with Crippen LogP contribution in [-0.4, -0.2) is 131 Å². The largest absolute Gasteiger partial charge is 0.497 e. The number of rotatable bonds is 23. The molecular weight excluding hydrogens is 874 g/mol. The molecule has 2 aliphatic heterocycles. The van der Waals surface area contributed by atoms with Gasteiger partial charge in [0.15, 0.2) is 6.23 Å². The maximum absolute atomic E-state index is 13.6. The normalized spacial score (nSPS) is 20.2. The summed E-state index contributed by atoms with van der Waals surface area (Å²) < 4.78 is 92.5. The highest BCUT2D eigenvalue weighted by Crippen LogP contribution is 2.51. The number of halogens is 3.